The number of hydrogen-bond donors (Lipinski definition) is 1. The summed E-state index contributed by atoms with van der Waals surface area (Å²) in [6.45, 7) is 9.94. The molecule has 0 aliphatic carbocycles. The van der Waals surface area contributed by atoms with Crippen LogP contribution in [0.4, 0.5) is 0 Å². The molecule has 2 aliphatic rings. The molecule has 0 bridgehead atoms. The fraction of sp³-hybridized carbons (Fsp3) is 1.00. The molecule has 2 rings (SSSR count). The Morgan fingerprint density at radius 2 is 2.19 bits per heavy atom. The van der Waals surface area contributed by atoms with Gasteiger partial charge >= 0.3 is 0 Å². The van der Waals surface area contributed by atoms with E-state index in [1.54, 1.807) is 0 Å². The van der Waals surface area contributed by atoms with Gasteiger partial charge in [-0.3, -0.25) is 0 Å². The Morgan fingerprint density at radius 3 is 2.94 bits per heavy atom. The topological polar surface area (TPSA) is 15.3 Å². The Labute approximate surface area is 101 Å². The van der Waals surface area contributed by atoms with Crippen LogP contribution in [0.15, 0.2) is 0 Å². The fourth-order valence-corrected chi connectivity index (χ4v) is 3.37. The zero-order valence-electron chi connectivity index (χ0n) is 11.0. The fourth-order valence-electron chi connectivity index (χ4n) is 3.37. The number of piperidine rings is 2. The predicted octanol–water partition coefficient (Wildman–Crippen LogP) is 2.50. The number of likely N-dealkylation sites (tertiary alicyclic amines) is 1. The predicted molar refractivity (Wildman–Crippen MR) is 69.6 cm³/mol. The van der Waals surface area contributed by atoms with Crippen LogP contribution in [-0.4, -0.2) is 37.1 Å². The van der Waals surface area contributed by atoms with Gasteiger partial charge in [0.2, 0.25) is 0 Å². The highest BCUT2D eigenvalue weighted by Crippen LogP contribution is 2.21. The van der Waals surface area contributed by atoms with E-state index in [4.69, 9.17) is 0 Å². The molecule has 2 heteroatoms. The molecule has 3 unspecified atom stereocenters. The summed E-state index contributed by atoms with van der Waals surface area (Å²) in [4.78, 5) is 2.68. The Morgan fingerprint density at radius 1 is 1.31 bits per heavy atom. The van der Waals surface area contributed by atoms with Crippen molar-refractivity contribution in [1.29, 1.82) is 0 Å². The Bertz CT molecular complexity index is 205. The molecule has 2 saturated heterocycles. The van der Waals surface area contributed by atoms with Crippen molar-refractivity contribution in [2.75, 3.05) is 26.2 Å². The van der Waals surface area contributed by atoms with Crippen molar-refractivity contribution in [3.63, 3.8) is 0 Å². The van der Waals surface area contributed by atoms with E-state index in [0.717, 1.165) is 17.9 Å². The van der Waals surface area contributed by atoms with Crippen molar-refractivity contribution in [3.05, 3.63) is 0 Å². The van der Waals surface area contributed by atoms with Crippen LogP contribution < -0.4 is 5.32 Å². The lowest BCUT2D eigenvalue weighted by molar-refractivity contribution is 0.148. The minimum atomic E-state index is 0.768. The SMILES string of the molecule is CCC1CCNC(CN2CCCC(C)C2)C1. The van der Waals surface area contributed by atoms with E-state index >= 15 is 0 Å². The number of hydrogen-bond acceptors (Lipinski definition) is 2. The standard InChI is InChI=1S/C14H28N2/c1-3-13-6-7-15-14(9-13)11-16-8-4-5-12(2)10-16/h12-15H,3-11H2,1-2H3. The molecule has 3 atom stereocenters. The lowest BCUT2D eigenvalue weighted by Gasteiger charge is -2.37. The minimum Gasteiger partial charge on any atom is -0.313 e. The maximum Gasteiger partial charge on any atom is 0.0197 e. The van der Waals surface area contributed by atoms with E-state index in [-0.39, 0.29) is 0 Å². The molecular formula is C14H28N2. The first kappa shape index (κ1) is 12.4. The second-order valence-electron chi connectivity index (χ2n) is 5.96. The molecule has 2 heterocycles. The van der Waals surface area contributed by atoms with Crippen LogP contribution in [0.5, 0.6) is 0 Å². The van der Waals surface area contributed by atoms with Crippen LogP contribution in [0.2, 0.25) is 0 Å². The maximum absolute atomic E-state index is 3.70. The molecule has 0 aromatic rings. The van der Waals surface area contributed by atoms with Crippen molar-refractivity contribution < 1.29 is 0 Å². The van der Waals surface area contributed by atoms with Crippen LogP contribution in [0, 0.1) is 11.8 Å². The summed E-state index contributed by atoms with van der Waals surface area (Å²) >= 11 is 0. The second-order valence-corrected chi connectivity index (χ2v) is 5.96. The van der Waals surface area contributed by atoms with Crippen LogP contribution in [0.3, 0.4) is 0 Å². The van der Waals surface area contributed by atoms with Gasteiger partial charge in [0.1, 0.15) is 0 Å². The van der Waals surface area contributed by atoms with Gasteiger partial charge in [-0.2, -0.15) is 0 Å². The van der Waals surface area contributed by atoms with Crippen LogP contribution in [0.25, 0.3) is 0 Å². The van der Waals surface area contributed by atoms with Gasteiger partial charge in [-0.1, -0.05) is 20.3 Å². The third-order valence-electron chi connectivity index (χ3n) is 4.40. The van der Waals surface area contributed by atoms with E-state index < -0.39 is 0 Å². The smallest absolute Gasteiger partial charge is 0.0197 e. The third-order valence-corrected chi connectivity index (χ3v) is 4.40. The van der Waals surface area contributed by atoms with Crippen molar-refractivity contribution in [2.45, 2.75) is 52.0 Å². The Balaban J connectivity index is 1.75. The normalized spacial score (nSPS) is 37.5. The lowest BCUT2D eigenvalue weighted by atomic mass is 9.89. The highest BCUT2D eigenvalue weighted by Gasteiger charge is 2.24. The lowest BCUT2D eigenvalue weighted by Crippen LogP contribution is -2.48. The van der Waals surface area contributed by atoms with Gasteiger partial charge in [0.15, 0.2) is 0 Å². The van der Waals surface area contributed by atoms with Crippen LogP contribution >= 0.6 is 0 Å². The van der Waals surface area contributed by atoms with Gasteiger partial charge in [-0.25, -0.2) is 0 Å². The molecule has 0 radical (unpaired) electrons. The first-order valence-corrected chi connectivity index (χ1v) is 7.23. The quantitative estimate of drug-likeness (QED) is 0.792. The summed E-state index contributed by atoms with van der Waals surface area (Å²) in [6.07, 6.45) is 7.01. The van der Waals surface area contributed by atoms with E-state index in [9.17, 15) is 0 Å². The summed E-state index contributed by atoms with van der Waals surface area (Å²) in [5, 5.41) is 3.70. The Hall–Kier alpha value is -0.0800. The number of nitrogens with zero attached hydrogens (tertiary/aromatic N) is 1. The largest absolute Gasteiger partial charge is 0.313 e. The molecule has 1 N–H and O–H groups in total. The molecule has 0 saturated carbocycles. The highest BCUT2D eigenvalue weighted by atomic mass is 15.2. The van der Waals surface area contributed by atoms with Crippen molar-refractivity contribution in [3.8, 4) is 0 Å². The molecule has 94 valence electrons. The summed E-state index contributed by atoms with van der Waals surface area (Å²) in [6, 6.07) is 0.768. The first-order chi connectivity index (χ1) is 7.78. The van der Waals surface area contributed by atoms with E-state index in [0.29, 0.717) is 0 Å². The molecular weight excluding hydrogens is 196 g/mol. The van der Waals surface area contributed by atoms with Crippen molar-refractivity contribution in [1.82, 2.24) is 10.2 Å². The molecule has 16 heavy (non-hydrogen) atoms. The number of nitrogens with one attached hydrogen (secondary N) is 1. The van der Waals surface area contributed by atoms with Gasteiger partial charge in [-0.05, 0) is 50.6 Å². The highest BCUT2D eigenvalue weighted by molar-refractivity contribution is 4.82. The molecule has 0 spiro atoms. The molecule has 2 aliphatic heterocycles. The molecule has 2 fully saturated rings. The summed E-state index contributed by atoms with van der Waals surface area (Å²) in [5.74, 6) is 1.90. The van der Waals surface area contributed by atoms with Crippen LogP contribution in [0.1, 0.15) is 46.0 Å². The molecule has 0 aromatic carbocycles. The van der Waals surface area contributed by atoms with E-state index in [2.05, 4.69) is 24.1 Å². The maximum atomic E-state index is 3.70. The Kier molecular flexibility index (Phi) is 4.66. The van der Waals surface area contributed by atoms with Crippen molar-refractivity contribution in [2.24, 2.45) is 11.8 Å². The summed E-state index contributed by atoms with van der Waals surface area (Å²) in [5.41, 5.74) is 0. The zero-order valence-corrected chi connectivity index (χ0v) is 11.0. The minimum absolute atomic E-state index is 0.768. The number of rotatable bonds is 3. The third kappa shape index (κ3) is 3.46. The first-order valence-electron chi connectivity index (χ1n) is 7.23. The van der Waals surface area contributed by atoms with Gasteiger partial charge in [0.05, 0.1) is 0 Å². The van der Waals surface area contributed by atoms with Gasteiger partial charge < -0.3 is 10.2 Å². The second kappa shape index (κ2) is 6.02. The molecule has 0 aromatic heterocycles. The van der Waals surface area contributed by atoms with E-state index in [1.165, 1.54) is 58.3 Å². The average Bonchev–Trinajstić information content (AvgIpc) is 2.29. The van der Waals surface area contributed by atoms with Crippen LogP contribution in [-0.2, 0) is 0 Å². The molecule has 2 nitrogen and oxygen atoms in total. The van der Waals surface area contributed by atoms with E-state index in [1.807, 2.05) is 0 Å². The van der Waals surface area contributed by atoms with Gasteiger partial charge in [-0.15, -0.1) is 0 Å². The van der Waals surface area contributed by atoms with Gasteiger partial charge in [0.25, 0.3) is 0 Å². The summed E-state index contributed by atoms with van der Waals surface area (Å²) in [7, 11) is 0. The zero-order chi connectivity index (χ0) is 11.4. The average molecular weight is 224 g/mol. The van der Waals surface area contributed by atoms with Gasteiger partial charge in [0, 0.05) is 19.1 Å². The van der Waals surface area contributed by atoms with Crippen molar-refractivity contribution >= 4 is 0 Å². The molecule has 0 amide bonds. The monoisotopic (exact) mass is 224 g/mol. The summed E-state index contributed by atoms with van der Waals surface area (Å²) < 4.78 is 0.